The number of rotatable bonds is 3. The molecule has 1 fully saturated rings. The van der Waals surface area contributed by atoms with Crippen LogP contribution in [0.25, 0.3) is 10.9 Å². The molecule has 0 atom stereocenters. The highest BCUT2D eigenvalue weighted by Gasteiger charge is 2.22. The van der Waals surface area contributed by atoms with Crippen molar-refractivity contribution in [1.82, 2.24) is 9.88 Å². The van der Waals surface area contributed by atoms with E-state index in [1.54, 1.807) is 0 Å². The second-order valence-electron chi connectivity index (χ2n) is 5.37. The number of aromatic nitrogens is 1. The first kappa shape index (κ1) is 14.3. The summed E-state index contributed by atoms with van der Waals surface area (Å²) >= 11 is 0. The van der Waals surface area contributed by atoms with Crippen LogP contribution in [-0.2, 0) is 16.4 Å². The molecule has 1 aliphatic heterocycles. The van der Waals surface area contributed by atoms with E-state index in [2.05, 4.69) is 21.3 Å². The SMILES string of the molecule is CNc1nc2ccccc2cc1CN1CCS(=O)(=O)CC1. The summed E-state index contributed by atoms with van der Waals surface area (Å²) in [6, 6.07) is 10.2. The molecule has 21 heavy (non-hydrogen) atoms. The van der Waals surface area contributed by atoms with E-state index in [0.29, 0.717) is 13.1 Å². The average molecular weight is 305 g/mol. The largest absolute Gasteiger partial charge is 0.373 e. The molecular weight excluding hydrogens is 286 g/mol. The van der Waals surface area contributed by atoms with Crippen molar-refractivity contribution < 1.29 is 8.42 Å². The zero-order valence-corrected chi connectivity index (χ0v) is 12.9. The number of pyridine rings is 1. The summed E-state index contributed by atoms with van der Waals surface area (Å²) in [4.78, 5) is 6.81. The summed E-state index contributed by atoms with van der Waals surface area (Å²) in [5.41, 5.74) is 2.07. The van der Waals surface area contributed by atoms with Crippen LogP contribution in [-0.4, -0.2) is 49.9 Å². The lowest BCUT2D eigenvalue weighted by Crippen LogP contribution is -2.39. The normalized spacial score (nSPS) is 18.7. The molecule has 5 nitrogen and oxygen atoms in total. The third-order valence-corrected chi connectivity index (χ3v) is 5.48. The van der Waals surface area contributed by atoms with Crippen LogP contribution < -0.4 is 5.32 Å². The fraction of sp³-hybridized carbons (Fsp3) is 0.400. The number of hydrogen-bond acceptors (Lipinski definition) is 5. The van der Waals surface area contributed by atoms with Crippen LogP contribution in [0.4, 0.5) is 5.82 Å². The number of benzene rings is 1. The van der Waals surface area contributed by atoms with Gasteiger partial charge in [0, 0.05) is 37.6 Å². The van der Waals surface area contributed by atoms with E-state index < -0.39 is 9.84 Å². The summed E-state index contributed by atoms with van der Waals surface area (Å²) in [6.45, 7) is 1.92. The number of anilines is 1. The molecule has 0 unspecified atom stereocenters. The van der Waals surface area contributed by atoms with Gasteiger partial charge in [-0.2, -0.15) is 0 Å². The van der Waals surface area contributed by atoms with Gasteiger partial charge in [0.05, 0.1) is 17.0 Å². The maximum atomic E-state index is 11.5. The highest BCUT2D eigenvalue weighted by Crippen LogP contribution is 2.22. The Morgan fingerprint density at radius 1 is 1.24 bits per heavy atom. The lowest BCUT2D eigenvalue weighted by Gasteiger charge is -2.27. The smallest absolute Gasteiger partial charge is 0.152 e. The summed E-state index contributed by atoms with van der Waals surface area (Å²) in [7, 11) is -0.969. The van der Waals surface area contributed by atoms with Crippen LogP contribution in [0, 0.1) is 0 Å². The highest BCUT2D eigenvalue weighted by molar-refractivity contribution is 7.91. The van der Waals surface area contributed by atoms with E-state index >= 15 is 0 Å². The van der Waals surface area contributed by atoms with Crippen LogP contribution in [0.2, 0.25) is 0 Å². The van der Waals surface area contributed by atoms with Gasteiger partial charge in [0.15, 0.2) is 9.84 Å². The van der Waals surface area contributed by atoms with Gasteiger partial charge in [0.2, 0.25) is 0 Å². The average Bonchev–Trinajstić information content (AvgIpc) is 2.48. The molecular formula is C15H19N3O2S. The summed E-state index contributed by atoms with van der Waals surface area (Å²) in [5, 5.41) is 4.25. The van der Waals surface area contributed by atoms with Crippen molar-refractivity contribution in [3.05, 3.63) is 35.9 Å². The van der Waals surface area contributed by atoms with Crippen LogP contribution in [0.15, 0.2) is 30.3 Å². The highest BCUT2D eigenvalue weighted by atomic mass is 32.2. The first-order valence-electron chi connectivity index (χ1n) is 7.06. The summed E-state index contributed by atoms with van der Waals surface area (Å²) in [5.74, 6) is 1.37. The van der Waals surface area contributed by atoms with Crippen LogP contribution in [0.1, 0.15) is 5.56 Å². The lowest BCUT2D eigenvalue weighted by atomic mass is 10.1. The zero-order chi connectivity index (χ0) is 14.9. The Balaban J connectivity index is 1.86. The first-order valence-corrected chi connectivity index (χ1v) is 8.89. The van der Waals surface area contributed by atoms with E-state index in [9.17, 15) is 8.42 Å². The minimum absolute atomic E-state index is 0.253. The summed E-state index contributed by atoms with van der Waals surface area (Å²) in [6.07, 6.45) is 0. The molecule has 1 saturated heterocycles. The Kier molecular flexibility index (Phi) is 3.82. The van der Waals surface area contributed by atoms with Gasteiger partial charge in [0.1, 0.15) is 5.82 Å². The Morgan fingerprint density at radius 3 is 2.67 bits per heavy atom. The number of sulfone groups is 1. The molecule has 0 aliphatic carbocycles. The van der Waals surface area contributed by atoms with Gasteiger partial charge in [-0.1, -0.05) is 18.2 Å². The predicted molar refractivity (Wildman–Crippen MR) is 85.2 cm³/mol. The second-order valence-corrected chi connectivity index (χ2v) is 7.67. The maximum absolute atomic E-state index is 11.5. The van der Waals surface area contributed by atoms with E-state index in [4.69, 9.17) is 0 Å². The van der Waals surface area contributed by atoms with Crippen molar-refractivity contribution in [2.45, 2.75) is 6.54 Å². The van der Waals surface area contributed by atoms with Crippen molar-refractivity contribution in [1.29, 1.82) is 0 Å². The molecule has 6 heteroatoms. The Labute approximate surface area is 124 Å². The standard InChI is InChI=1S/C15H19N3O2S/c1-16-15-13(10-12-4-2-3-5-14(12)17-15)11-18-6-8-21(19,20)9-7-18/h2-5,10H,6-9,11H2,1H3,(H,16,17). The van der Waals surface area contributed by atoms with Gasteiger partial charge in [0.25, 0.3) is 0 Å². The Bertz CT molecular complexity index is 745. The molecule has 2 aromatic rings. The molecule has 1 N–H and O–H groups in total. The molecule has 0 radical (unpaired) electrons. The third-order valence-electron chi connectivity index (χ3n) is 3.87. The number of hydrogen-bond donors (Lipinski definition) is 1. The zero-order valence-electron chi connectivity index (χ0n) is 12.0. The quantitative estimate of drug-likeness (QED) is 0.931. The fourth-order valence-electron chi connectivity index (χ4n) is 2.65. The predicted octanol–water partition coefficient (Wildman–Crippen LogP) is 1.51. The van der Waals surface area contributed by atoms with Crippen LogP contribution >= 0.6 is 0 Å². The van der Waals surface area contributed by atoms with Crippen molar-refractivity contribution in [3.8, 4) is 0 Å². The molecule has 3 rings (SSSR count). The van der Waals surface area contributed by atoms with E-state index in [0.717, 1.165) is 28.8 Å². The molecule has 1 aromatic heterocycles. The molecule has 1 aromatic carbocycles. The number of nitrogens with zero attached hydrogens (tertiary/aromatic N) is 2. The van der Waals surface area contributed by atoms with E-state index in [1.165, 1.54) is 0 Å². The molecule has 1 aliphatic rings. The van der Waals surface area contributed by atoms with Gasteiger partial charge in [-0.3, -0.25) is 4.90 Å². The van der Waals surface area contributed by atoms with Gasteiger partial charge in [-0.15, -0.1) is 0 Å². The molecule has 2 heterocycles. The number of fused-ring (bicyclic) bond motifs is 1. The van der Waals surface area contributed by atoms with Crippen molar-refractivity contribution in [2.24, 2.45) is 0 Å². The first-order chi connectivity index (χ1) is 10.1. The van der Waals surface area contributed by atoms with Crippen LogP contribution in [0.3, 0.4) is 0 Å². The van der Waals surface area contributed by atoms with Gasteiger partial charge >= 0.3 is 0 Å². The topological polar surface area (TPSA) is 62.3 Å². The maximum Gasteiger partial charge on any atom is 0.152 e. The van der Waals surface area contributed by atoms with E-state index in [-0.39, 0.29) is 11.5 Å². The minimum Gasteiger partial charge on any atom is -0.373 e. The Morgan fingerprint density at radius 2 is 1.95 bits per heavy atom. The van der Waals surface area contributed by atoms with Crippen LogP contribution in [0.5, 0.6) is 0 Å². The van der Waals surface area contributed by atoms with Crippen molar-refractivity contribution in [2.75, 3.05) is 37.0 Å². The fourth-order valence-corrected chi connectivity index (χ4v) is 3.92. The lowest BCUT2D eigenvalue weighted by molar-refractivity contribution is 0.288. The Hall–Kier alpha value is -1.66. The number of nitrogens with one attached hydrogen (secondary N) is 1. The van der Waals surface area contributed by atoms with Gasteiger partial charge in [-0.05, 0) is 12.1 Å². The molecule has 112 valence electrons. The summed E-state index contributed by atoms with van der Waals surface area (Å²) < 4.78 is 23.0. The third kappa shape index (κ3) is 3.16. The molecule has 0 amide bonds. The molecule has 0 saturated carbocycles. The minimum atomic E-state index is -2.83. The number of para-hydroxylation sites is 1. The van der Waals surface area contributed by atoms with Gasteiger partial charge < -0.3 is 5.32 Å². The van der Waals surface area contributed by atoms with E-state index in [1.807, 2.05) is 31.3 Å². The monoisotopic (exact) mass is 305 g/mol. The molecule has 0 spiro atoms. The van der Waals surface area contributed by atoms with Crippen molar-refractivity contribution >= 4 is 26.6 Å². The van der Waals surface area contributed by atoms with Gasteiger partial charge in [-0.25, -0.2) is 13.4 Å². The molecule has 0 bridgehead atoms. The second kappa shape index (κ2) is 5.61. The van der Waals surface area contributed by atoms with Crippen molar-refractivity contribution in [3.63, 3.8) is 0 Å².